The van der Waals surface area contributed by atoms with E-state index in [0.29, 0.717) is 39.1 Å². The SMILES string of the molecule is COc1cc2ncnc(Oc3ccc(NC(=S)NCNC(C)=O)cc3)c2cc1OC. The van der Waals surface area contributed by atoms with E-state index < -0.39 is 0 Å². The molecular weight excluding hydrogens is 406 g/mol. The molecule has 1 amide bonds. The van der Waals surface area contributed by atoms with Gasteiger partial charge in [-0.1, -0.05) is 0 Å². The number of ether oxygens (including phenoxy) is 3. The molecule has 0 unspecified atom stereocenters. The van der Waals surface area contributed by atoms with E-state index in [9.17, 15) is 4.79 Å². The standard InChI is InChI=1S/C20H21N5O4S/c1-12(26)21-10-24-20(30)25-13-4-6-14(7-5-13)29-19-15-8-17(27-2)18(28-3)9-16(15)22-11-23-19/h4-9,11H,10H2,1-3H3,(H,21,26)(H2,24,25,30). The highest BCUT2D eigenvalue weighted by atomic mass is 32.1. The van der Waals surface area contributed by atoms with Crippen molar-refractivity contribution in [2.24, 2.45) is 0 Å². The highest BCUT2D eigenvalue weighted by molar-refractivity contribution is 7.80. The van der Waals surface area contributed by atoms with Crippen molar-refractivity contribution in [3.8, 4) is 23.1 Å². The summed E-state index contributed by atoms with van der Waals surface area (Å²) in [6.07, 6.45) is 1.43. The van der Waals surface area contributed by atoms with E-state index in [1.807, 2.05) is 12.1 Å². The van der Waals surface area contributed by atoms with E-state index >= 15 is 0 Å². The lowest BCUT2D eigenvalue weighted by atomic mass is 10.2. The van der Waals surface area contributed by atoms with Gasteiger partial charge in [-0.05, 0) is 42.5 Å². The summed E-state index contributed by atoms with van der Waals surface area (Å²) in [7, 11) is 3.13. The molecule has 30 heavy (non-hydrogen) atoms. The number of nitrogens with zero attached hydrogens (tertiary/aromatic N) is 2. The number of nitrogens with one attached hydrogen (secondary N) is 3. The van der Waals surface area contributed by atoms with Crippen LogP contribution in [0.1, 0.15) is 6.92 Å². The van der Waals surface area contributed by atoms with Gasteiger partial charge in [-0.3, -0.25) is 4.79 Å². The monoisotopic (exact) mass is 427 g/mol. The van der Waals surface area contributed by atoms with E-state index in [0.717, 1.165) is 5.69 Å². The predicted octanol–water partition coefficient (Wildman–Crippen LogP) is 2.82. The van der Waals surface area contributed by atoms with Crippen LogP contribution in [0.3, 0.4) is 0 Å². The Morgan fingerprint density at radius 2 is 1.73 bits per heavy atom. The van der Waals surface area contributed by atoms with Crippen LogP contribution in [0.2, 0.25) is 0 Å². The number of carbonyl (C=O) groups excluding carboxylic acids is 1. The van der Waals surface area contributed by atoms with Crippen molar-refractivity contribution in [1.82, 2.24) is 20.6 Å². The third-order valence-corrected chi connectivity index (χ3v) is 4.26. The van der Waals surface area contributed by atoms with Crippen LogP contribution in [-0.2, 0) is 4.79 Å². The molecule has 0 bridgehead atoms. The minimum Gasteiger partial charge on any atom is -0.493 e. The summed E-state index contributed by atoms with van der Waals surface area (Å²) in [5.74, 6) is 1.99. The topological polar surface area (TPSA) is 107 Å². The van der Waals surface area contributed by atoms with Crippen LogP contribution in [0, 0.1) is 0 Å². The van der Waals surface area contributed by atoms with E-state index in [1.165, 1.54) is 13.3 Å². The zero-order valence-electron chi connectivity index (χ0n) is 16.7. The van der Waals surface area contributed by atoms with E-state index in [4.69, 9.17) is 26.4 Å². The maximum absolute atomic E-state index is 10.9. The van der Waals surface area contributed by atoms with Gasteiger partial charge in [0.25, 0.3) is 0 Å². The molecule has 0 saturated heterocycles. The first-order valence-corrected chi connectivity index (χ1v) is 9.35. The molecule has 1 heterocycles. The van der Waals surface area contributed by atoms with Crippen LogP contribution in [0.5, 0.6) is 23.1 Å². The van der Waals surface area contributed by atoms with Gasteiger partial charge in [0.05, 0.1) is 31.8 Å². The zero-order chi connectivity index (χ0) is 21.5. The van der Waals surface area contributed by atoms with Crippen molar-refractivity contribution in [2.75, 3.05) is 26.2 Å². The van der Waals surface area contributed by atoms with Crippen LogP contribution in [0.25, 0.3) is 10.9 Å². The van der Waals surface area contributed by atoms with Crippen molar-refractivity contribution in [1.29, 1.82) is 0 Å². The van der Waals surface area contributed by atoms with Crippen LogP contribution in [-0.4, -0.2) is 41.9 Å². The Bertz CT molecular complexity index is 1060. The lowest BCUT2D eigenvalue weighted by molar-refractivity contribution is -0.118. The van der Waals surface area contributed by atoms with Crippen molar-refractivity contribution in [3.05, 3.63) is 42.7 Å². The number of hydrogen-bond donors (Lipinski definition) is 3. The lowest BCUT2D eigenvalue weighted by Gasteiger charge is -2.12. The number of carbonyl (C=O) groups is 1. The molecule has 3 rings (SSSR count). The second-order valence-corrected chi connectivity index (χ2v) is 6.48. The number of rotatable bonds is 7. The van der Waals surface area contributed by atoms with E-state index in [1.54, 1.807) is 38.5 Å². The molecule has 3 N–H and O–H groups in total. The Morgan fingerprint density at radius 3 is 2.40 bits per heavy atom. The number of aromatic nitrogens is 2. The Labute approximate surface area is 178 Å². The number of benzene rings is 2. The Morgan fingerprint density at radius 1 is 1.03 bits per heavy atom. The summed E-state index contributed by atoms with van der Waals surface area (Å²) in [4.78, 5) is 19.4. The zero-order valence-corrected chi connectivity index (χ0v) is 17.5. The molecular formula is C20H21N5O4S. The normalized spacial score (nSPS) is 10.2. The largest absolute Gasteiger partial charge is 0.493 e. The summed E-state index contributed by atoms with van der Waals surface area (Å²) in [5.41, 5.74) is 1.44. The Hall–Kier alpha value is -3.66. The van der Waals surface area contributed by atoms with E-state index in [2.05, 4.69) is 25.9 Å². The summed E-state index contributed by atoms with van der Waals surface area (Å²) in [6.45, 7) is 1.68. The average Bonchev–Trinajstić information content (AvgIpc) is 2.74. The van der Waals surface area contributed by atoms with Gasteiger partial charge in [0, 0.05) is 18.7 Å². The van der Waals surface area contributed by atoms with Gasteiger partial charge in [0.2, 0.25) is 11.8 Å². The molecule has 0 saturated carbocycles. The van der Waals surface area contributed by atoms with E-state index in [-0.39, 0.29) is 12.6 Å². The van der Waals surface area contributed by atoms with Crippen molar-refractivity contribution < 1.29 is 19.0 Å². The maximum atomic E-state index is 10.9. The van der Waals surface area contributed by atoms with Crippen LogP contribution < -0.4 is 30.2 Å². The molecule has 0 aliphatic heterocycles. The quantitative estimate of drug-likeness (QED) is 0.388. The van der Waals surface area contributed by atoms with Crippen molar-refractivity contribution in [2.45, 2.75) is 6.92 Å². The first-order valence-electron chi connectivity index (χ1n) is 8.94. The molecule has 0 fully saturated rings. The number of hydrogen-bond acceptors (Lipinski definition) is 7. The van der Waals surface area contributed by atoms with Gasteiger partial charge in [-0.15, -0.1) is 0 Å². The molecule has 10 heteroatoms. The van der Waals surface area contributed by atoms with Crippen molar-refractivity contribution >= 4 is 39.8 Å². The number of methoxy groups -OCH3 is 2. The Balaban J connectivity index is 1.71. The van der Waals surface area contributed by atoms with Crippen LogP contribution >= 0.6 is 12.2 Å². The fourth-order valence-electron chi connectivity index (χ4n) is 2.58. The molecule has 2 aromatic carbocycles. The molecule has 0 spiro atoms. The molecule has 9 nitrogen and oxygen atoms in total. The number of anilines is 1. The first-order chi connectivity index (χ1) is 14.5. The summed E-state index contributed by atoms with van der Waals surface area (Å²) in [5, 5.41) is 9.58. The Kier molecular flexibility index (Phi) is 6.81. The minimum absolute atomic E-state index is 0.139. The summed E-state index contributed by atoms with van der Waals surface area (Å²) in [6, 6.07) is 10.7. The molecule has 1 aromatic heterocycles. The van der Waals surface area contributed by atoms with Gasteiger partial charge < -0.3 is 30.2 Å². The number of thiocarbonyl (C=S) groups is 1. The van der Waals surface area contributed by atoms with Gasteiger partial charge in [0.1, 0.15) is 12.1 Å². The molecule has 0 atom stereocenters. The smallest absolute Gasteiger partial charge is 0.230 e. The highest BCUT2D eigenvalue weighted by Gasteiger charge is 2.12. The van der Waals surface area contributed by atoms with Gasteiger partial charge in [0.15, 0.2) is 16.6 Å². The third-order valence-electron chi connectivity index (χ3n) is 4.02. The van der Waals surface area contributed by atoms with Gasteiger partial charge in [-0.2, -0.15) is 0 Å². The second-order valence-electron chi connectivity index (χ2n) is 6.07. The molecule has 3 aromatic rings. The molecule has 156 valence electrons. The fraction of sp³-hybridized carbons (Fsp3) is 0.200. The number of amides is 1. The average molecular weight is 427 g/mol. The summed E-state index contributed by atoms with van der Waals surface area (Å²) >= 11 is 5.18. The number of fused-ring (bicyclic) bond motifs is 1. The van der Waals surface area contributed by atoms with Crippen molar-refractivity contribution in [3.63, 3.8) is 0 Å². The van der Waals surface area contributed by atoms with Crippen LogP contribution in [0.15, 0.2) is 42.7 Å². The highest BCUT2D eigenvalue weighted by Crippen LogP contribution is 2.35. The third kappa shape index (κ3) is 5.23. The first kappa shape index (κ1) is 21.1. The second kappa shape index (κ2) is 9.70. The summed E-state index contributed by atoms with van der Waals surface area (Å²) < 4.78 is 16.6. The van der Waals surface area contributed by atoms with Gasteiger partial charge >= 0.3 is 0 Å². The fourth-order valence-corrected chi connectivity index (χ4v) is 2.77. The predicted molar refractivity (Wildman–Crippen MR) is 117 cm³/mol. The lowest BCUT2D eigenvalue weighted by Crippen LogP contribution is -2.38. The minimum atomic E-state index is -0.139. The molecule has 0 aliphatic carbocycles. The maximum Gasteiger partial charge on any atom is 0.230 e. The molecule has 0 radical (unpaired) electrons. The molecule has 0 aliphatic rings. The van der Waals surface area contributed by atoms with Crippen LogP contribution in [0.4, 0.5) is 5.69 Å². The van der Waals surface area contributed by atoms with Gasteiger partial charge in [-0.25, -0.2) is 9.97 Å².